The Bertz CT molecular complexity index is 592. The van der Waals surface area contributed by atoms with Gasteiger partial charge in [-0.05, 0) is 36.4 Å². The number of ether oxygens (including phenoxy) is 1. The number of rotatable bonds is 4. The van der Waals surface area contributed by atoms with Crippen molar-refractivity contribution in [2.45, 2.75) is 10.6 Å². The van der Waals surface area contributed by atoms with Crippen molar-refractivity contribution in [3.8, 4) is 5.75 Å². The third kappa shape index (κ3) is 3.55. The van der Waals surface area contributed by atoms with Crippen molar-refractivity contribution in [3.63, 3.8) is 0 Å². The van der Waals surface area contributed by atoms with Crippen LogP contribution in [0.1, 0.15) is 5.56 Å². The van der Waals surface area contributed by atoms with Crippen molar-refractivity contribution in [2.24, 2.45) is 0 Å². The summed E-state index contributed by atoms with van der Waals surface area (Å²) in [4.78, 5) is 0.977. The van der Waals surface area contributed by atoms with Crippen molar-refractivity contribution in [3.05, 3.63) is 52.8 Å². The molecule has 2 nitrogen and oxygen atoms in total. The van der Waals surface area contributed by atoms with Gasteiger partial charge in [0, 0.05) is 16.2 Å². The second-order valence-electron chi connectivity index (χ2n) is 3.93. The summed E-state index contributed by atoms with van der Waals surface area (Å²) in [5.41, 5.74) is 7.01. The molecule has 0 spiro atoms. The van der Waals surface area contributed by atoms with Gasteiger partial charge in [0.2, 0.25) is 0 Å². The first-order chi connectivity index (χ1) is 9.10. The molecule has 2 N–H and O–H groups in total. The van der Waals surface area contributed by atoms with Crippen molar-refractivity contribution in [1.82, 2.24) is 0 Å². The van der Waals surface area contributed by atoms with Crippen LogP contribution in [0.5, 0.6) is 5.75 Å². The van der Waals surface area contributed by atoms with E-state index < -0.39 is 0 Å². The Balaban J connectivity index is 2.13. The van der Waals surface area contributed by atoms with Crippen LogP contribution in [0.3, 0.4) is 0 Å². The maximum atomic E-state index is 13.2. The first-order valence-electron chi connectivity index (χ1n) is 5.60. The molecule has 2 rings (SSSR count). The number of nitrogens with two attached hydrogens (primary N) is 1. The number of halogens is 2. The summed E-state index contributed by atoms with van der Waals surface area (Å²) in [6, 6.07) is 9.93. The van der Waals surface area contributed by atoms with E-state index in [4.69, 9.17) is 22.1 Å². The van der Waals surface area contributed by atoms with Crippen LogP contribution in [0.4, 0.5) is 10.1 Å². The van der Waals surface area contributed by atoms with Gasteiger partial charge in [-0.3, -0.25) is 0 Å². The summed E-state index contributed by atoms with van der Waals surface area (Å²) in [5.74, 6) is 1.00. The Morgan fingerprint density at radius 1 is 1.26 bits per heavy atom. The maximum absolute atomic E-state index is 13.2. The molecule has 0 radical (unpaired) electrons. The molecule has 0 atom stereocenters. The minimum Gasteiger partial charge on any atom is -0.496 e. The monoisotopic (exact) mass is 297 g/mol. The van der Waals surface area contributed by atoms with Crippen LogP contribution in [0.25, 0.3) is 0 Å². The molecular formula is C14H13ClFNOS. The van der Waals surface area contributed by atoms with E-state index in [9.17, 15) is 4.39 Å². The van der Waals surface area contributed by atoms with Gasteiger partial charge in [-0.2, -0.15) is 0 Å². The van der Waals surface area contributed by atoms with Crippen molar-refractivity contribution >= 4 is 29.1 Å². The number of nitrogen functional groups attached to an aromatic ring is 1. The number of thioether (sulfide) groups is 1. The van der Waals surface area contributed by atoms with Crippen LogP contribution in [-0.4, -0.2) is 7.11 Å². The maximum Gasteiger partial charge on any atom is 0.123 e. The van der Waals surface area contributed by atoms with Crippen molar-refractivity contribution in [1.29, 1.82) is 0 Å². The Morgan fingerprint density at radius 3 is 2.74 bits per heavy atom. The Hall–Kier alpha value is -1.39. The van der Waals surface area contributed by atoms with Crippen LogP contribution in [0, 0.1) is 5.82 Å². The van der Waals surface area contributed by atoms with E-state index in [1.54, 1.807) is 37.1 Å². The van der Waals surface area contributed by atoms with E-state index in [2.05, 4.69) is 0 Å². The highest BCUT2D eigenvalue weighted by Crippen LogP contribution is 2.31. The highest BCUT2D eigenvalue weighted by Gasteiger charge is 2.06. The largest absolute Gasteiger partial charge is 0.496 e. The normalized spacial score (nSPS) is 10.5. The van der Waals surface area contributed by atoms with E-state index in [0.29, 0.717) is 22.2 Å². The predicted molar refractivity (Wildman–Crippen MR) is 78.4 cm³/mol. The fraction of sp³-hybridized carbons (Fsp3) is 0.143. The molecule has 2 aromatic carbocycles. The van der Waals surface area contributed by atoms with Crippen LogP contribution >= 0.6 is 23.4 Å². The highest BCUT2D eigenvalue weighted by atomic mass is 35.5. The van der Waals surface area contributed by atoms with Gasteiger partial charge >= 0.3 is 0 Å². The molecule has 0 unspecified atom stereocenters. The summed E-state index contributed by atoms with van der Waals surface area (Å²) < 4.78 is 18.4. The van der Waals surface area contributed by atoms with Gasteiger partial charge in [0.15, 0.2) is 0 Å². The van der Waals surface area contributed by atoms with Gasteiger partial charge < -0.3 is 10.5 Å². The Morgan fingerprint density at radius 2 is 2.05 bits per heavy atom. The van der Waals surface area contributed by atoms with E-state index in [0.717, 1.165) is 10.5 Å². The molecule has 19 heavy (non-hydrogen) atoms. The minimum absolute atomic E-state index is 0.272. The molecule has 0 saturated heterocycles. The van der Waals surface area contributed by atoms with Crippen molar-refractivity contribution in [2.75, 3.05) is 12.8 Å². The number of methoxy groups -OCH3 is 1. The van der Waals surface area contributed by atoms with E-state index in [1.807, 2.05) is 6.07 Å². The van der Waals surface area contributed by atoms with E-state index >= 15 is 0 Å². The lowest BCUT2D eigenvalue weighted by molar-refractivity contribution is 0.410. The van der Waals surface area contributed by atoms with Crippen LogP contribution in [0.2, 0.25) is 5.02 Å². The highest BCUT2D eigenvalue weighted by molar-refractivity contribution is 7.98. The van der Waals surface area contributed by atoms with Crippen molar-refractivity contribution < 1.29 is 9.13 Å². The van der Waals surface area contributed by atoms with Gasteiger partial charge in [-0.15, -0.1) is 11.8 Å². The summed E-state index contributed by atoms with van der Waals surface area (Å²) in [6.07, 6.45) is 0. The third-order valence-electron chi connectivity index (χ3n) is 2.61. The smallest absolute Gasteiger partial charge is 0.123 e. The van der Waals surface area contributed by atoms with Crippen LogP contribution in [0.15, 0.2) is 41.3 Å². The quantitative estimate of drug-likeness (QED) is 0.672. The summed E-state index contributed by atoms with van der Waals surface area (Å²) in [6.45, 7) is 0. The van der Waals surface area contributed by atoms with Crippen LogP contribution in [-0.2, 0) is 5.75 Å². The lowest BCUT2D eigenvalue weighted by Crippen LogP contribution is -1.92. The standard InChI is InChI=1S/C14H13ClFNOS/c1-18-14-5-2-10(16)6-9(14)8-19-11-3-4-13(17)12(15)7-11/h2-7H,8,17H2,1H3. The van der Waals surface area contributed by atoms with Gasteiger partial charge in [0.25, 0.3) is 0 Å². The fourth-order valence-electron chi connectivity index (χ4n) is 1.62. The van der Waals surface area contributed by atoms with Gasteiger partial charge in [0.05, 0.1) is 17.8 Å². The molecule has 0 heterocycles. The molecule has 0 fully saturated rings. The summed E-state index contributed by atoms with van der Waals surface area (Å²) in [5, 5.41) is 0.524. The molecule has 100 valence electrons. The zero-order valence-electron chi connectivity index (χ0n) is 10.3. The first kappa shape index (κ1) is 14.0. The van der Waals surface area contributed by atoms with Crippen LogP contribution < -0.4 is 10.5 Å². The molecule has 5 heteroatoms. The lowest BCUT2D eigenvalue weighted by atomic mass is 10.2. The van der Waals surface area contributed by atoms with E-state index in [1.165, 1.54) is 12.1 Å². The second kappa shape index (κ2) is 6.17. The lowest BCUT2D eigenvalue weighted by Gasteiger charge is -2.09. The van der Waals surface area contributed by atoms with Gasteiger partial charge in [0.1, 0.15) is 11.6 Å². The molecule has 2 aromatic rings. The number of anilines is 1. The molecule has 0 aromatic heterocycles. The average Bonchev–Trinajstić information content (AvgIpc) is 2.40. The fourth-order valence-corrected chi connectivity index (χ4v) is 2.78. The summed E-state index contributed by atoms with van der Waals surface area (Å²) in [7, 11) is 1.57. The second-order valence-corrected chi connectivity index (χ2v) is 5.38. The zero-order chi connectivity index (χ0) is 13.8. The molecule has 0 aliphatic heterocycles. The molecular weight excluding hydrogens is 285 g/mol. The Labute approximate surface area is 120 Å². The minimum atomic E-state index is -0.272. The summed E-state index contributed by atoms with van der Waals surface area (Å²) >= 11 is 7.50. The number of hydrogen-bond donors (Lipinski definition) is 1. The van der Waals surface area contributed by atoms with Gasteiger partial charge in [-0.1, -0.05) is 11.6 Å². The third-order valence-corrected chi connectivity index (χ3v) is 3.98. The van der Waals surface area contributed by atoms with Gasteiger partial charge in [-0.25, -0.2) is 4.39 Å². The molecule has 0 amide bonds. The SMILES string of the molecule is COc1ccc(F)cc1CSc1ccc(N)c(Cl)c1. The average molecular weight is 298 g/mol. The number of benzene rings is 2. The number of hydrogen-bond acceptors (Lipinski definition) is 3. The zero-order valence-corrected chi connectivity index (χ0v) is 11.9. The molecule has 0 aliphatic rings. The first-order valence-corrected chi connectivity index (χ1v) is 6.96. The Kier molecular flexibility index (Phi) is 4.56. The molecule has 0 aliphatic carbocycles. The topological polar surface area (TPSA) is 35.2 Å². The molecule has 0 saturated carbocycles. The van der Waals surface area contributed by atoms with E-state index in [-0.39, 0.29) is 5.82 Å². The predicted octanol–water partition coefficient (Wildman–Crippen LogP) is 4.36. The molecule has 0 bridgehead atoms.